The normalized spacial score (nSPS) is 10.7. The number of para-hydroxylation sites is 1. The van der Waals surface area contributed by atoms with Crippen LogP contribution in [0.15, 0.2) is 59.0 Å². The van der Waals surface area contributed by atoms with E-state index in [0.29, 0.717) is 18.7 Å². The number of nitrogens with zero attached hydrogens (tertiary/aromatic N) is 1. The van der Waals surface area contributed by atoms with Crippen LogP contribution in [0.5, 0.6) is 0 Å². The van der Waals surface area contributed by atoms with Crippen LogP contribution in [0.4, 0.5) is 0 Å². The van der Waals surface area contributed by atoms with E-state index < -0.39 is 5.97 Å². The molecule has 0 N–H and O–H groups in total. The van der Waals surface area contributed by atoms with Crippen molar-refractivity contribution in [3.05, 3.63) is 71.5 Å². The van der Waals surface area contributed by atoms with Crippen LogP contribution in [-0.2, 0) is 11.3 Å². The Morgan fingerprint density at radius 3 is 2.44 bits per heavy atom. The van der Waals surface area contributed by atoms with E-state index in [-0.39, 0.29) is 11.5 Å². The Bertz CT molecular complexity index is 911. The summed E-state index contributed by atoms with van der Waals surface area (Å²) in [7, 11) is 1.31. The summed E-state index contributed by atoms with van der Waals surface area (Å²) in [5, 5.41) is 1.00. The minimum Gasteiger partial charge on any atom is -0.465 e. The highest BCUT2D eigenvalue weighted by Crippen LogP contribution is 2.22. The van der Waals surface area contributed by atoms with Crippen molar-refractivity contribution in [1.29, 1.82) is 0 Å². The first kappa shape index (κ1) is 18.7. The monoisotopic (exact) mass is 365 g/mol. The summed E-state index contributed by atoms with van der Waals surface area (Å²) in [4.78, 5) is 27.0. The number of unbranched alkanes of at least 4 members (excludes halogenated alkanes) is 1. The molecule has 0 aliphatic heterocycles. The van der Waals surface area contributed by atoms with Crippen molar-refractivity contribution in [2.75, 3.05) is 13.7 Å². The van der Waals surface area contributed by atoms with Gasteiger partial charge < -0.3 is 14.1 Å². The zero-order valence-electron chi connectivity index (χ0n) is 15.6. The first-order valence-electron chi connectivity index (χ1n) is 9.08. The molecule has 27 heavy (non-hydrogen) atoms. The lowest BCUT2D eigenvalue weighted by Gasteiger charge is -2.22. The number of furan rings is 1. The predicted octanol–water partition coefficient (Wildman–Crippen LogP) is 4.66. The summed E-state index contributed by atoms with van der Waals surface area (Å²) in [5.74, 6) is -0.000707. The van der Waals surface area contributed by atoms with Crippen LogP contribution in [-0.4, -0.2) is 30.4 Å². The van der Waals surface area contributed by atoms with E-state index >= 15 is 0 Å². The van der Waals surface area contributed by atoms with Gasteiger partial charge in [0.2, 0.25) is 0 Å². The molecule has 0 radical (unpaired) electrons. The largest absolute Gasteiger partial charge is 0.465 e. The van der Waals surface area contributed by atoms with Crippen LogP contribution < -0.4 is 0 Å². The summed E-state index contributed by atoms with van der Waals surface area (Å²) in [6.45, 7) is 3.01. The summed E-state index contributed by atoms with van der Waals surface area (Å²) < 4.78 is 10.7. The molecule has 5 nitrogen and oxygen atoms in total. The number of hydrogen-bond acceptors (Lipinski definition) is 4. The van der Waals surface area contributed by atoms with E-state index in [9.17, 15) is 9.59 Å². The number of carbonyl (C=O) groups excluding carboxylic acids is 2. The van der Waals surface area contributed by atoms with Gasteiger partial charge >= 0.3 is 5.97 Å². The minimum atomic E-state index is -0.516. The van der Waals surface area contributed by atoms with Crippen molar-refractivity contribution in [2.45, 2.75) is 26.3 Å². The average Bonchev–Trinajstić information content (AvgIpc) is 3.12. The number of benzene rings is 2. The highest BCUT2D eigenvalue weighted by atomic mass is 16.5. The first-order valence-corrected chi connectivity index (χ1v) is 9.08. The molecule has 0 fully saturated rings. The van der Waals surface area contributed by atoms with Gasteiger partial charge in [-0.2, -0.15) is 0 Å². The molecule has 1 aromatic heterocycles. The summed E-state index contributed by atoms with van der Waals surface area (Å²) in [6, 6.07) is 16.4. The molecule has 3 aromatic rings. The van der Waals surface area contributed by atoms with Crippen LogP contribution in [0, 0.1) is 0 Å². The smallest absolute Gasteiger partial charge is 0.338 e. The molecule has 0 unspecified atom stereocenters. The van der Waals surface area contributed by atoms with Crippen LogP contribution in [0.1, 0.15) is 46.2 Å². The molecule has 5 heteroatoms. The lowest BCUT2D eigenvalue weighted by atomic mass is 10.1. The molecule has 1 amide bonds. The topological polar surface area (TPSA) is 59.8 Å². The third-order valence-electron chi connectivity index (χ3n) is 4.45. The molecule has 0 saturated carbocycles. The Labute approximate surface area is 158 Å². The Hall–Kier alpha value is -3.08. The third kappa shape index (κ3) is 4.19. The van der Waals surface area contributed by atoms with Gasteiger partial charge in [-0.15, -0.1) is 0 Å². The molecule has 0 aliphatic carbocycles. The molecule has 140 valence electrons. The number of methoxy groups -OCH3 is 1. The number of carbonyl (C=O) groups is 2. The summed E-state index contributed by atoms with van der Waals surface area (Å²) in [6.07, 6.45) is 1.83. The van der Waals surface area contributed by atoms with Crippen molar-refractivity contribution in [3.63, 3.8) is 0 Å². The minimum absolute atomic E-state index is 0.204. The van der Waals surface area contributed by atoms with E-state index in [1.54, 1.807) is 29.2 Å². The van der Waals surface area contributed by atoms with Gasteiger partial charge in [-0.25, -0.2) is 4.79 Å². The Morgan fingerprint density at radius 1 is 1.04 bits per heavy atom. The quantitative estimate of drug-likeness (QED) is 0.571. The number of ether oxygens (including phenoxy) is 1. The molecule has 0 bridgehead atoms. The Balaban J connectivity index is 1.90. The highest BCUT2D eigenvalue weighted by molar-refractivity contribution is 6.05. The van der Waals surface area contributed by atoms with Gasteiger partial charge in [0.25, 0.3) is 5.91 Å². The second-order valence-corrected chi connectivity index (χ2v) is 6.37. The van der Waals surface area contributed by atoms with Crippen LogP contribution in [0.2, 0.25) is 0 Å². The van der Waals surface area contributed by atoms with E-state index in [0.717, 1.165) is 29.6 Å². The Kier molecular flexibility index (Phi) is 5.91. The molecule has 0 atom stereocenters. The predicted molar refractivity (Wildman–Crippen MR) is 104 cm³/mol. The van der Waals surface area contributed by atoms with E-state index in [1.165, 1.54) is 7.11 Å². The second-order valence-electron chi connectivity index (χ2n) is 6.37. The number of fused-ring (bicyclic) bond motifs is 1. The van der Waals surface area contributed by atoms with Crippen LogP contribution in [0.3, 0.4) is 0 Å². The molecule has 3 rings (SSSR count). The first-order chi connectivity index (χ1) is 13.1. The molecule has 0 aliphatic rings. The molecular weight excluding hydrogens is 342 g/mol. The molecule has 0 spiro atoms. The standard InChI is InChI=1S/C22H23NO4/c1-3-4-13-23(15-17-14-16-9-5-8-12-20(16)27-17)21(24)18-10-6-7-11-19(18)22(25)26-2/h5-12,14H,3-4,13,15H2,1-2H3. The molecule has 0 saturated heterocycles. The fraction of sp³-hybridized carbons (Fsp3) is 0.273. The van der Waals surface area contributed by atoms with Crippen molar-refractivity contribution >= 4 is 22.8 Å². The number of esters is 1. The lowest BCUT2D eigenvalue weighted by Crippen LogP contribution is -2.32. The highest BCUT2D eigenvalue weighted by Gasteiger charge is 2.23. The Morgan fingerprint density at radius 2 is 1.74 bits per heavy atom. The third-order valence-corrected chi connectivity index (χ3v) is 4.45. The fourth-order valence-corrected chi connectivity index (χ4v) is 3.03. The van der Waals surface area contributed by atoms with Gasteiger partial charge in [0.15, 0.2) is 0 Å². The van der Waals surface area contributed by atoms with Crippen LogP contribution >= 0.6 is 0 Å². The molecule has 2 aromatic carbocycles. The van der Waals surface area contributed by atoms with E-state index in [2.05, 4.69) is 6.92 Å². The van der Waals surface area contributed by atoms with Gasteiger partial charge in [0, 0.05) is 11.9 Å². The lowest BCUT2D eigenvalue weighted by molar-refractivity contribution is 0.0588. The maximum absolute atomic E-state index is 13.2. The van der Waals surface area contributed by atoms with Gasteiger partial charge in [-0.05, 0) is 30.7 Å². The fourth-order valence-electron chi connectivity index (χ4n) is 3.03. The van der Waals surface area contributed by atoms with Crippen LogP contribution in [0.25, 0.3) is 11.0 Å². The maximum atomic E-state index is 13.2. The van der Waals surface area contributed by atoms with Crippen molar-refractivity contribution in [1.82, 2.24) is 4.90 Å². The zero-order valence-corrected chi connectivity index (χ0v) is 15.6. The van der Waals surface area contributed by atoms with Gasteiger partial charge in [0.05, 0.1) is 24.8 Å². The molecule has 1 heterocycles. The van der Waals surface area contributed by atoms with Crippen molar-refractivity contribution in [3.8, 4) is 0 Å². The number of rotatable bonds is 7. The maximum Gasteiger partial charge on any atom is 0.338 e. The molecular formula is C22H23NO4. The van der Waals surface area contributed by atoms with Crippen molar-refractivity contribution < 1.29 is 18.7 Å². The van der Waals surface area contributed by atoms with Gasteiger partial charge in [-0.3, -0.25) is 4.79 Å². The summed E-state index contributed by atoms with van der Waals surface area (Å²) >= 11 is 0. The van der Waals surface area contributed by atoms with Crippen molar-refractivity contribution in [2.24, 2.45) is 0 Å². The van der Waals surface area contributed by atoms with Gasteiger partial charge in [-0.1, -0.05) is 43.7 Å². The van der Waals surface area contributed by atoms with E-state index in [1.807, 2.05) is 30.3 Å². The summed E-state index contributed by atoms with van der Waals surface area (Å²) in [5.41, 5.74) is 1.41. The number of amides is 1. The second kappa shape index (κ2) is 8.54. The number of hydrogen-bond donors (Lipinski definition) is 0. The van der Waals surface area contributed by atoms with E-state index in [4.69, 9.17) is 9.15 Å². The zero-order chi connectivity index (χ0) is 19.2. The SMILES string of the molecule is CCCCN(Cc1cc2ccccc2o1)C(=O)c1ccccc1C(=O)OC. The van der Waals surface area contributed by atoms with Gasteiger partial charge in [0.1, 0.15) is 11.3 Å². The average molecular weight is 365 g/mol.